The summed E-state index contributed by atoms with van der Waals surface area (Å²) in [4.78, 5) is 15.0. The predicted octanol–water partition coefficient (Wildman–Crippen LogP) is 9.11. The molecule has 0 unspecified atom stereocenters. The summed E-state index contributed by atoms with van der Waals surface area (Å²) in [5, 5.41) is 11.6. The highest BCUT2D eigenvalue weighted by Crippen LogP contribution is 2.60. The van der Waals surface area contributed by atoms with Gasteiger partial charge in [-0.05, 0) is 85.5 Å². The fourth-order valence-corrected chi connectivity index (χ4v) is 8.88. The van der Waals surface area contributed by atoms with Crippen molar-refractivity contribution in [1.82, 2.24) is 15.0 Å². The van der Waals surface area contributed by atoms with Crippen molar-refractivity contribution < 1.29 is 4.42 Å². The third-order valence-electron chi connectivity index (χ3n) is 10.3. The Morgan fingerprint density at radius 3 is 1.93 bits per heavy atom. The molecule has 4 fully saturated rings. The molecule has 2 aromatic heterocycles. The standard InChI is InChI=1S/C38H30N4O/c39-22-28-12-15-31(33-30-8-4-5-9-32(30)43-34(28)33)37-41-35(26-6-2-1-3-7-26)40-36(42-37)27-10-13-29(14-11-27)38-19-23-16-24(20-38)18-25(17-23)21-38/h1-15,23-25H,16-21H2. The Kier molecular flexibility index (Phi) is 5.38. The molecule has 43 heavy (non-hydrogen) atoms. The van der Waals surface area contributed by atoms with Gasteiger partial charge in [0, 0.05) is 27.5 Å². The van der Waals surface area contributed by atoms with Crippen LogP contribution in [-0.2, 0) is 5.41 Å². The van der Waals surface area contributed by atoms with Crippen LogP contribution in [0.25, 0.3) is 56.1 Å². The maximum Gasteiger partial charge on any atom is 0.164 e. The Labute approximate surface area is 250 Å². The van der Waals surface area contributed by atoms with Crippen molar-refractivity contribution in [3.63, 3.8) is 0 Å². The number of nitrogens with zero attached hydrogens (tertiary/aromatic N) is 4. The number of para-hydroxylation sites is 1. The lowest BCUT2D eigenvalue weighted by Gasteiger charge is -2.57. The summed E-state index contributed by atoms with van der Waals surface area (Å²) in [6.45, 7) is 0. The molecule has 6 aromatic rings. The average molecular weight is 559 g/mol. The fourth-order valence-electron chi connectivity index (χ4n) is 8.88. The van der Waals surface area contributed by atoms with Crippen molar-refractivity contribution in [2.75, 3.05) is 0 Å². The Hall–Kier alpha value is -4.82. The molecule has 0 N–H and O–H groups in total. The van der Waals surface area contributed by atoms with Crippen molar-refractivity contribution in [3.05, 3.63) is 102 Å². The van der Waals surface area contributed by atoms with E-state index in [4.69, 9.17) is 19.4 Å². The van der Waals surface area contributed by atoms with Gasteiger partial charge in [0.05, 0.1) is 5.56 Å². The topological polar surface area (TPSA) is 75.6 Å². The Morgan fingerprint density at radius 1 is 0.651 bits per heavy atom. The highest BCUT2D eigenvalue weighted by molar-refractivity contribution is 6.13. The minimum atomic E-state index is 0.350. The zero-order valence-corrected chi connectivity index (χ0v) is 23.8. The van der Waals surface area contributed by atoms with Crippen LogP contribution in [0.5, 0.6) is 0 Å². The van der Waals surface area contributed by atoms with E-state index in [1.54, 1.807) is 6.07 Å². The summed E-state index contributed by atoms with van der Waals surface area (Å²) in [7, 11) is 0. The van der Waals surface area contributed by atoms with Gasteiger partial charge in [-0.1, -0.05) is 72.8 Å². The first-order valence-electron chi connectivity index (χ1n) is 15.4. The van der Waals surface area contributed by atoms with Gasteiger partial charge in [0.15, 0.2) is 23.1 Å². The molecule has 0 spiro atoms. The minimum absolute atomic E-state index is 0.350. The van der Waals surface area contributed by atoms with Crippen LogP contribution in [0.2, 0.25) is 0 Å². The molecular weight excluding hydrogens is 528 g/mol. The van der Waals surface area contributed by atoms with Crippen LogP contribution in [0.15, 0.2) is 95.4 Å². The van der Waals surface area contributed by atoms with Gasteiger partial charge in [-0.15, -0.1) is 0 Å². The molecule has 2 heterocycles. The maximum atomic E-state index is 9.84. The smallest absolute Gasteiger partial charge is 0.164 e. The molecule has 5 nitrogen and oxygen atoms in total. The summed E-state index contributed by atoms with van der Waals surface area (Å²) in [6, 6.07) is 33.1. The number of aromatic nitrogens is 3. The summed E-state index contributed by atoms with van der Waals surface area (Å²) in [5.74, 6) is 4.56. The van der Waals surface area contributed by atoms with Crippen molar-refractivity contribution in [1.29, 1.82) is 5.26 Å². The lowest BCUT2D eigenvalue weighted by atomic mass is 9.48. The van der Waals surface area contributed by atoms with Gasteiger partial charge < -0.3 is 4.42 Å². The summed E-state index contributed by atoms with van der Waals surface area (Å²) < 4.78 is 6.19. The summed E-state index contributed by atoms with van der Waals surface area (Å²) >= 11 is 0. The average Bonchev–Trinajstić information content (AvgIpc) is 3.44. The highest BCUT2D eigenvalue weighted by atomic mass is 16.3. The molecule has 4 bridgehead atoms. The number of furan rings is 1. The molecular formula is C38H30N4O. The van der Waals surface area contributed by atoms with E-state index in [9.17, 15) is 5.26 Å². The third kappa shape index (κ3) is 3.93. The molecule has 0 amide bonds. The Morgan fingerprint density at radius 2 is 1.26 bits per heavy atom. The van der Waals surface area contributed by atoms with Gasteiger partial charge in [-0.25, -0.2) is 15.0 Å². The van der Waals surface area contributed by atoms with Gasteiger partial charge in [0.1, 0.15) is 11.7 Å². The molecule has 4 aromatic carbocycles. The van der Waals surface area contributed by atoms with Gasteiger partial charge in [-0.2, -0.15) is 5.26 Å². The molecule has 4 aliphatic carbocycles. The first kappa shape index (κ1) is 24.7. The second kappa shape index (κ2) is 9.34. The zero-order chi connectivity index (χ0) is 28.5. The Bertz CT molecular complexity index is 2030. The molecule has 0 aliphatic heterocycles. The molecule has 5 heteroatoms. The predicted molar refractivity (Wildman–Crippen MR) is 168 cm³/mol. The molecule has 10 rings (SSSR count). The second-order valence-electron chi connectivity index (χ2n) is 13.0. The number of benzene rings is 4. The molecule has 4 aliphatic rings. The van der Waals surface area contributed by atoms with Gasteiger partial charge in [0.25, 0.3) is 0 Å². The van der Waals surface area contributed by atoms with E-state index in [0.29, 0.717) is 34.0 Å². The van der Waals surface area contributed by atoms with E-state index >= 15 is 0 Å². The Balaban J connectivity index is 1.20. The molecule has 0 atom stereocenters. The molecule has 0 radical (unpaired) electrons. The van der Waals surface area contributed by atoms with Crippen LogP contribution in [-0.4, -0.2) is 15.0 Å². The summed E-state index contributed by atoms with van der Waals surface area (Å²) in [6.07, 6.45) is 8.38. The fraction of sp³-hybridized carbons (Fsp3) is 0.263. The minimum Gasteiger partial charge on any atom is -0.455 e. The lowest BCUT2D eigenvalue weighted by Crippen LogP contribution is -2.48. The maximum absolute atomic E-state index is 9.84. The highest BCUT2D eigenvalue weighted by Gasteiger charge is 2.51. The number of rotatable bonds is 4. The van der Waals surface area contributed by atoms with E-state index in [1.165, 1.54) is 44.1 Å². The lowest BCUT2D eigenvalue weighted by molar-refractivity contribution is -0.00518. The number of hydrogen-bond donors (Lipinski definition) is 0. The van der Waals surface area contributed by atoms with E-state index in [2.05, 4.69) is 30.3 Å². The van der Waals surface area contributed by atoms with Crippen LogP contribution in [0.1, 0.15) is 49.7 Å². The second-order valence-corrected chi connectivity index (χ2v) is 13.0. The van der Waals surface area contributed by atoms with Crippen LogP contribution < -0.4 is 0 Å². The first-order chi connectivity index (χ1) is 21.2. The van der Waals surface area contributed by atoms with E-state index in [-0.39, 0.29) is 0 Å². The van der Waals surface area contributed by atoms with Crippen molar-refractivity contribution >= 4 is 21.9 Å². The SMILES string of the molecule is N#Cc1ccc(-c2nc(-c3ccccc3)nc(-c3ccc(C45CC6CC(CC(C6)C4)C5)cc3)n2)c2c1oc1ccccc12. The van der Waals surface area contributed by atoms with Crippen molar-refractivity contribution in [2.24, 2.45) is 17.8 Å². The van der Waals surface area contributed by atoms with Crippen LogP contribution in [0, 0.1) is 29.1 Å². The normalized spacial score (nSPS) is 24.0. The number of fused-ring (bicyclic) bond motifs is 3. The molecule has 208 valence electrons. The van der Waals surface area contributed by atoms with Gasteiger partial charge >= 0.3 is 0 Å². The summed E-state index contributed by atoms with van der Waals surface area (Å²) in [5.41, 5.74) is 6.37. The zero-order valence-electron chi connectivity index (χ0n) is 23.8. The monoisotopic (exact) mass is 558 g/mol. The van der Waals surface area contributed by atoms with E-state index in [0.717, 1.165) is 50.8 Å². The largest absolute Gasteiger partial charge is 0.455 e. The van der Waals surface area contributed by atoms with Crippen LogP contribution in [0.4, 0.5) is 0 Å². The molecule has 0 saturated heterocycles. The van der Waals surface area contributed by atoms with Crippen LogP contribution in [0.3, 0.4) is 0 Å². The van der Waals surface area contributed by atoms with Gasteiger partial charge in [0.2, 0.25) is 0 Å². The number of hydrogen-bond acceptors (Lipinski definition) is 5. The van der Waals surface area contributed by atoms with Crippen molar-refractivity contribution in [3.8, 4) is 40.2 Å². The van der Waals surface area contributed by atoms with E-state index in [1.807, 2.05) is 60.7 Å². The van der Waals surface area contributed by atoms with Gasteiger partial charge in [-0.3, -0.25) is 0 Å². The molecule has 4 saturated carbocycles. The van der Waals surface area contributed by atoms with Crippen LogP contribution >= 0.6 is 0 Å². The third-order valence-corrected chi connectivity index (χ3v) is 10.3. The van der Waals surface area contributed by atoms with E-state index < -0.39 is 0 Å². The van der Waals surface area contributed by atoms with Crippen molar-refractivity contribution in [2.45, 2.75) is 43.9 Å². The first-order valence-corrected chi connectivity index (χ1v) is 15.4. The number of nitriles is 1. The quantitative estimate of drug-likeness (QED) is 0.216.